The molecule has 1 nitrogen and oxygen atoms in total. The van der Waals surface area contributed by atoms with E-state index in [0.29, 0.717) is 4.90 Å². The lowest BCUT2D eigenvalue weighted by Gasteiger charge is -2.09. The van der Waals surface area contributed by atoms with Crippen molar-refractivity contribution in [2.75, 3.05) is 0 Å². The standard InChI is InChI=1S/C12H17ClFNS/c1-2-9(15)5-3-4-8-6-10(13)12(14)11(16)7-8/h6-7,9,16H,2-5,15H2,1H3/t9-/m0/s1. The molecule has 0 saturated heterocycles. The van der Waals surface area contributed by atoms with Crippen molar-refractivity contribution in [3.05, 3.63) is 28.5 Å². The third-order valence-electron chi connectivity index (χ3n) is 2.63. The minimum Gasteiger partial charge on any atom is -0.328 e. The summed E-state index contributed by atoms with van der Waals surface area (Å²) in [5.41, 5.74) is 6.83. The van der Waals surface area contributed by atoms with E-state index in [1.165, 1.54) is 0 Å². The van der Waals surface area contributed by atoms with Crippen molar-refractivity contribution in [1.29, 1.82) is 0 Å². The molecule has 0 aliphatic rings. The predicted molar refractivity (Wildman–Crippen MR) is 69.9 cm³/mol. The summed E-state index contributed by atoms with van der Waals surface area (Å²) in [5, 5.41) is 0.141. The Kier molecular flexibility index (Phi) is 5.59. The minimum atomic E-state index is -0.445. The van der Waals surface area contributed by atoms with Crippen LogP contribution < -0.4 is 5.73 Å². The van der Waals surface area contributed by atoms with Gasteiger partial charge in [-0.25, -0.2) is 4.39 Å². The molecule has 0 heterocycles. The summed E-state index contributed by atoms with van der Waals surface area (Å²) in [7, 11) is 0. The van der Waals surface area contributed by atoms with E-state index < -0.39 is 5.82 Å². The first kappa shape index (κ1) is 13.8. The number of hydrogen-bond donors (Lipinski definition) is 2. The van der Waals surface area contributed by atoms with Crippen LogP contribution in [0, 0.1) is 5.82 Å². The van der Waals surface area contributed by atoms with Gasteiger partial charge in [0.2, 0.25) is 0 Å². The number of thiol groups is 1. The van der Waals surface area contributed by atoms with Crippen molar-refractivity contribution in [3.63, 3.8) is 0 Å². The summed E-state index contributed by atoms with van der Waals surface area (Å²) in [5.74, 6) is -0.445. The van der Waals surface area contributed by atoms with Crippen LogP contribution >= 0.6 is 24.2 Å². The lowest BCUT2D eigenvalue weighted by molar-refractivity contribution is 0.566. The van der Waals surface area contributed by atoms with Crippen LogP contribution in [0.3, 0.4) is 0 Å². The van der Waals surface area contributed by atoms with Gasteiger partial charge < -0.3 is 5.73 Å². The Bertz CT molecular complexity index is 334. The SMILES string of the molecule is CC[C@H](N)CCCc1cc(S)c(F)c(Cl)c1. The second-order valence-electron chi connectivity index (χ2n) is 3.97. The maximum atomic E-state index is 13.2. The summed E-state index contributed by atoms with van der Waals surface area (Å²) in [4.78, 5) is 0.308. The highest BCUT2D eigenvalue weighted by atomic mass is 35.5. The first-order valence-electron chi connectivity index (χ1n) is 5.47. The van der Waals surface area contributed by atoms with Crippen LogP contribution in [0.25, 0.3) is 0 Å². The fourth-order valence-electron chi connectivity index (χ4n) is 1.55. The first-order chi connectivity index (χ1) is 7.54. The average Bonchev–Trinajstić information content (AvgIpc) is 2.25. The largest absolute Gasteiger partial charge is 0.328 e. The van der Waals surface area contributed by atoms with Gasteiger partial charge in [-0.05, 0) is 43.4 Å². The molecule has 4 heteroatoms. The fourth-order valence-corrected chi connectivity index (χ4v) is 2.14. The molecule has 2 N–H and O–H groups in total. The average molecular weight is 262 g/mol. The Labute approximate surface area is 107 Å². The van der Waals surface area contributed by atoms with Crippen LogP contribution in [-0.2, 0) is 6.42 Å². The van der Waals surface area contributed by atoms with E-state index in [-0.39, 0.29) is 11.1 Å². The molecule has 0 bridgehead atoms. The third kappa shape index (κ3) is 3.96. The number of aryl methyl sites for hydroxylation is 1. The van der Waals surface area contributed by atoms with Gasteiger partial charge in [-0.3, -0.25) is 0 Å². The van der Waals surface area contributed by atoms with Crippen LogP contribution in [0.5, 0.6) is 0 Å². The molecule has 90 valence electrons. The summed E-state index contributed by atoms with van der Waals surface area (Å²) in [6, 6.07) is 3.64. The number of nitrogens with two attached hydrogens (primary N) is 1. The molecule has 0 aromatic heterocycles. The van der Waals surface area contributed by atoms with Gasteiger partial charge in [0.05, 0.1) is 5.02 Å². The lowest BCUT2D eigenvalue weighted by Crippen LogP contribution is -2.18. The summed E-state index contributed by atoms with van der Waals surface area (Å²) in [6.45, 7) is 2.07. The van der Waals surface area contributed by atoms with Crippen molar-refractivity contribution < 1.29 is 4.39 Å². The minimum absolute atomic E-state index is 0.141. The zero-order valence-corrected chi connectivity index (χ0v) is 11.0. The van der Waals surface area contributed by atoms with E-state index in [4.69, 9.17) is 17.3 Å². The molecule has 0 aliphatic carbocycles. The summed E-state index contributed by atoms with van der Waals surface area (Å²) >= 11 is 9.77. The van der Waals surface area contributed by atoms with Gasteiger partial charge in [0.25, 0.3) is 0 Å². The lowest BCUT2D eigenvalue weighted by atomic mass is 10.0. The molecule has 16 heavy (non-hydrogen) atoms. The van der Waals surface area contributed by atoms with Crippen molar-refractivity contribution in [2.45, 2.75) is 43.5 Å². The molecule has 0 aliphatic heterocycles. The highest BCUT2D eigenvalue weighted by molar-refractivity contribution is 7.80. The van der Waals surface area contributed by atoms with Crippen LogP contribution in [0.2, 0.25) is 5.02 Å². The van der Waals surface area contributed by atoms with Gasteiger partial charge in [-0.2, -0.15) is 0 Å². The summed E-state index contributed by atoms with van der Waals surface area (Å²) in [6.07, 6.45) is 3.82. The first-order valence-corrected chi connectivity index (χ1v) is 6.29. The molecule has 0 saturated carbocycles. The third-order valence-corrected chi connectivity index (χ3v) is 3.23. The zero-order chi connectivity index (χ0) is 12.1. The fraction of sp³-hybridized carbons (Fsp3) is 0.500. The highest BCUT2D eigenvalue weighted by Crippen LogP contribution is 2.24. The van der Waals surface area contributed by atoms with Crippen molar-refractivity contribution in [2.24, 2.45) is 5.73 Å². The smallest absolute Gasteiger partial charge is 0.155 e. The molecule has 0 fully saturated rings. The quantitative estimate of drug-likeness (QED) is 0.774. The molecular formula is C12H17ClFNS. The second kappa shape index (κ2) is 6.48. The Morgan fingerprint density at radius 2 is 2.19 bits per heavy atom. The number of rotatable bonds is 5. The Hall–Kier alpha value is -0.250. The van der Waals surface area contributed by atoms with Gasteiger partial charge in [-0.15, -0.1) is 12.6 Å². The zero-order valence-electron chi connectivity index (χ0n) is 9.34. The van der Waals surface area contributed by atoms with Gasteiger partial charge in [0.15, 0.2) is 5.82 Å². The molecule has 0 spiro atoms. The van der Waals surface area contributed by atoms with Crippen molar-refractivity contribution in [3.8, 4) is 0 Å². The van der Waals surface area contributed by atoms with Gasteiger partial charge in [0.1, 0.15) is 0 Å². The van der Waals surface area contributed by atoms with Crippen LogP contribution in [0.15, 0.2) is 17.0 Å². The van der Waals surface area contributed by atoms with Gasteiger partial charge >= 0.3 is 0 Å². The molecule has 1 aromatic carbocycles. The normalized spacial score (nSPS) is 12.8. The molecule has 0 radical (unpaired) electrons. The van der Waals surface area contributed by atoms with Crippen LogP contribution in [0.4, 0.5) is 4.39 Å². The van der Waals surface area contributed by atoms with E-state index in [1.54, 1.807) is 12.1 Å². The number of hydrogen-bond acceptors (Lipinski definition) is 2. The Morgan fingerprint density at radius 3 is 2.75 bits per heavy atom. The van der Waals surface area contributed by atoms with Gasteiger partial charge in [-0.1, -0.05) is 18.5 Å². The number of benzene rings is 1. The highest BCUT2D eigenvalue weighted by Gasteiger charge is 2.07. The molecule has 0 unspecified atom stereocenters. The summed E-state index contributed by atoms with van der Waals surface area (Å²) < 4.78 is 13.2. The Morgan fingerprint density at radius 1 is 1.50 bits per heavy atom. The van der Waals surface area contributed by atoms with E-state index >= 15 is 0 Å². The molecule has 1 atom stereocenters. The van der Waals surface area contributed by atoms with Crippen molar-refractivity contribution >= 4 is 24.2 Å². The molecule has 1 aromatic rings. The molecule has 1 rings (SSSR count). The monoisotopic (exact) mass is 261 g/mol. The molecule has 0 amide bonds. The van der Waals surface area contributed by atoms with Crippen LogP contribution in [-0.4, -0.2) is 6.04 Å². The Balaban J connectivity index is 2.55. The maximum absolute atomic E-state index is 13.2. The van der Waals surface area contributed by atoms with E-state index in [1.807, 2.05) is 0 Å². The molecular weight excluding hydrogens is 245 g/mol. The van der Waals surface area contributed by atoms with Crippen LogP contribution in [0.1, 0.15) is 31.7 Å². The van der Waals surface area contributed by atoms with E-state index in [9.17, 15) is 4.39 Å². The predicted octanol–water partition coefficient (Wildman–Crippen LogP) is 3.83. The maximum Gasteiger partial charge on any atom is 0.155 e. The van der Waals surface area contributed by atoms with E-state index in [2.05, 4.69) is 19.6 Å². The van der Waals surface area contributed by atoms with Gasteiger partial charge in [0, 0.05) is 10.9 Å². The number of halogens is 2. The topological polar surface area (TPSA) is 26.0 Å². The second-order valence-corrected chi connectivity index (χ2v) is 4.86. The van der Waals surface area contributed by atoms with Crippen molar-refractivity contribution in [1.82, 2.24) is 0 Å². The van der Waals surface area contributed by atoms with E-state index in [0.717, 1.165) is 31.2 Å².